The van der Waals surface area contributed by atoms with E-state index in [1.54, 1.807) is 0 Å². The maximum Gasteiger partial charge on any atom is 0.137 e. The summed E-state index contributed by atoms with van der Waals surface area (Å²) in [5.41, 5.74) is 2.23. The number of aliphatic hydroxyl groups is 3. The van der Waals surface area contributed by atoms with Crippen LogP contribution in [0, 0.1) is 13.8 Å². The average Bonchev–Trinajstić information content (AvgIpc) is 2.38. The number of ether oxygens (including phenoxy) is 1. The van der Waals surface area contributed by atoms with Gasteiger partial charge < -0.3 is 25.0 Å². The molecular formula is C15H26NO4+. The summed E-state index contributed by atoms with van der Waals surface area (Å²) in [6, 6.07) is 5.92. The summed E-state index contributed by atoms with van der Waals surface area (Å²) >= 11 is 0. The van der Waals surface area contributed by atoms with Crippen molar-refractivity contribution in [3.05, 3.63) is 29.3 Å². The zero-order valence-electron chi connectivity index (χ0n) is 12.3. The van der Waals surface area contributed by atoms with Gasteiger partial charge in [-0.25, -0.2) is 0 Å². The van der Waals surface area contributed by atoms with Gasteiger partial charge in [0.1, 0.15) is 38.1 Å². The van der Waals surface area contributed by atoms with Crippen LogP contribution in [-0.4, -0.2) is 60.9 Å². The molecule has 1 rings (SSSR count). The number of hydrogen-bond donors (Lipinski definition) is 4. The molecule has 1 aromatic rings. The summed E-state index contributed by atoms with van der Waals surface area (Å²) in [4.78, 5) is 0.965. The van der Waals surface area contributed by atoms with Crippen molar-refractivity contribution in [3.63, 3.8) is 0 Å². The van der Waals surface area contributed by atoms with Crippen LogP contribution in [0.5, 0.6) is 5.75 Å². The maximum atomic E-state index is 9.97. The molecule has 20 heavy (non-hydrogen) atoms. The largest absolute Gasteiger partial charge is 0.490 e. The van der Waals surface area contributed by atoms with Gasteiger partial charge in [-0.15, -0.1) is 0 Å². The van der Waals surface area contributed by atoms with E-state index in [0.717, 1.165) is 16.2 Å². The zero-order chi connectivity index (χ0) is 15.0. The Bertz CT molecular complexity index is 391. The molecule has 0 saturated heterocycles. The van der Waals surface area contributed by atoms with Crippen molar-refractivity contribution in [1.29, 1.82) is 0 Å². The van der Waals surface area contributed by atoms with Crippen molar-refractivity contribution in [2.75, 3.05) is 39.5 Å². The molecule has 0 bridgehead atoms. The molecule has 0 amide bonds. The van der Waals surface area contributed by atoms with Gasteiger partial charge in [0, 0.05) is 0 Å². The highest BCUT2D eigenvalue weighted by molar-refractivity contribution is 5.35. The lowest BCUT2D eigenvalue weighted by molar-refractivity contribution is -0.903. The first-order valence-corrected chi connectivity index (χ1v) is 7.00. The maximum absolute atomic E-state index is 9.97. The number of aryl methyl sites for hydroxylation is 2. The lowest BCUT2D eigenvalue weighted by Crippen LogP contribution is -3.14. The number of rotatable bonds is 9. The van der Waals surface area contributed by atoms with E-state index in [-0.39, 0.29) is 19.8 Å². The summed E-state index contributed by atoms with van der Waals surface area (Å²) in [5.74, 6) is 0.778. The first-order chi connectivity index (χ1) is 9.56. The van der Waals surface area contributed by atoms with E-state index >= 15 is 0 Å². The van der Waals surface area contributed by atoms with Crippen molar-refractivity contribution in [2.45, 2.75) is 20.0 Å². The molecule has 1 aromatic carbocycles. The second-order valence-corrected chi connectivity index (χ2v) is 5.14. The Hall–Kier alpha value is -1.14. The quantitative estimate of drug-likeness (QED) is 0.465. The molecule has 0 aliphatic heterocycles. The van der Waals surface area contributed by atoms with Crippen LogP contribution in [0.1, 0.15) is 11.1 Å². The summed E-state index contributed by atoms with van der Waals surface area (Å²) in [5, 5.41) is 27.8. The van der Waals surface area contributed by atoms with Crippen LogP contribution in [0.3, 0.4) is 0 Å². The summed E-state index contributed by atoms with van der Waals surface area (Å²) in [6.45, 7) is 5.78. The van der Waals surface area contributed by atoms with E-state index in [1.807, 2.05) is 32.0 Å². The Morgan fingerprint density at radius 1 is 1.15 bits per heavy atom. The first-order valence-electron chi connectivity index (χ1n) is 7.00. The number of benzene rings is 1. The molecule has 0 aliphatic carbocycles. The topological polar surface area (TPSA) is 74.4 Å². The Kier molecular flexibility index (Phi) is 7.54. The molecule has 0 aromatic heterocycles. The third-order valence-corrected chi connectivity index (χ3v) is 3.22. The van der Waals surface area contributed by atoms with Gasteiger partial charge >= 0.3 is 0 Å². The second kappa shape index (κ2) is 8.92. The van der Waals surface area contributed by atoms with Gasteiger partial charge in [-0.3, -0.25) is 0 Å². The molecule has 0 aliphatic rings. The van der Waals surface area contributed by atoms with Gasteiger partial charge in [-0.1, -0.05) is 17.7 Å². The van der Waals surface area contributed by atoms with Crippen LogP contribution in [-0.2, 0) is 0 Å². The van der Waals surface area contributed by atoms with E-state index in [4.69, 9.17) is 14.9 Å². The minimum atomic E-state index is -0.621. The summed E-state index contributed by atoms with van der Waals surface area (Å²) in [6.07, 6.45) is -0.621. The van der Waals surface area contributed by atoms with Gasteiger partial charge in [0.25, 0.3) is 0 Å². The van der Waals surface area contributed by atoms with Crippen LogP contribution in [0.2, 0.25) is 0 Å². The standard InChI is InChI=1S/C15H25NO4/c1-12-3-4-15(13(2)9-12)20-11-14(19)10-16(5-7-17)6-8-18/h3-4,9,14,17-19H,5-8,10-11H2,1-2H3/p+1/t14-/m1/s1. The minimum Gasteiger partial charge on any atom is -0.490 e. The highest BCUT2D eigenvalue weighted by atomic mass is 16.5. The fourth-order valence-corrected chi connectivity index (χ4v) is 2.18. The molecule has 5 nitrogen and oxygen atoms in total. The second-order valence-electron chi connectivity index (χ2n) is 5.14. The molecule has 0 spiro atoms. The monoisotopic (exact) mass is 284 g/mol. The van der Waals surface area contributed by atoms with E-state index in [0.29, 0.717) is 19.6 Å². The van der Waals surface area contributed by atoms with Crippen molar-refractivity contribution >= 4 is 0 Å². The Morgan fingerprint density at radius 2 is 1.80 bits per heavy atom. The third kappa shape index (κ3) is 5.88. The highest BCUT2D eigenvalue weighted by Gasteiger charge is 2.15. The van der Waals surface area contributed by atoms with Crippen LogP contribution in [0.25, 0.3) is 0 Å². The fourth-order valence-electron chi connectivity index (χ4n) is 2.18. The van der Waals surface area contributed by atoms with Gasteiger partial charge in [0.2, 0.25) is 0 Å². The van der Waals surface area contributed by atoms with E-state index in [2.05, 4.69) is 0 Å². The molecule has 0 heterocycles. The van der Waals surface area contributed by atoms with Crippen molar-refractivity contribution in [2.24, 2.45) is 0 Å². The van der Waals surface area contributed by atoms with Crippen molar-refractivity contribution < 1.29 is 25.0 Å². The van der Waals surface area contributed by atoms with Gasteiger partial charge in [-0.05, 0) is 25.5 Å². The van der Waals surface area contributed by atoms with Gasteiger partial charge in [0.15, 0.2) is 0 Å². The van der Waals surface area contributed by atoms with E-state index in [9.17, 15) is 5.11 Å². The molecule has 1 atom stereocenters. The molecule has 0 radical (unpaired) electrons. The van der Waals surface area contributed by atoms with Crippen LogP contribution >= 0.6 is 0 Å². The number of aliphatic hydroxyl groups excluding tert-OH is 3. The predicted molar refractivity (Wildman–Crippen MR) is 77.2 cm³/mol. The third-order valence-electron chi connectivity index (χ3n) is 3.22. The molecular weight excluding hydrogens is 258 g/mol. The predicted octanol–water partition coefficient (Wildman–Crippen LogP) is -1.09. The van der Waals surface area contributed by atoms with Crippen LogP contribution in [0.15, 0.2) is 18.2 Å². The minimum absolute atomic E-state index is 0.0416. The normalized spacial score (nSPS) is 12.7. The SMILES string of the molecule is Cc1ccc(OC[C@H](O)C[NH+](CCO)CCO)c(C)c1. The molecule has 4 N–H and O–H groups in total. The zero-order valence-corrected chi connectivity index (χ0v) is 12.3. The lowest BCUT2D eigenvalue weighted by atomic mass is 10.1. The van der Waals surface area contributed by atoms with Gasteiger partial charge in [0.05, 0.1) is 13.2 Å². The average molecular weight is 284 g/mol. The molecule has 114 valence electrons. The first kappa shape index (κ1) is 16.9. The number of hydrogen-bond acceptors (Lipinski definition) is 4. The van der Waals surface area contributed by atoms with Crippen molar-refractivity contribution in [3.8, 4) is 5.75 Å². The van der Waals surface area contributed by atoms with Crippen LogP contribution in [0.4, 0.5) is 0 Å². The summed E-state index contributed by atoms with van der Waals surface area (Å²) < 4.78 is 5.62. The lowest BCUT2D eigenvalue weighted by Gasteiger charge is -2.21. The van der Waals surface area contributed by atoms with Crippen LogP contribution < -0.4 is 9.64 Å². The Labute approximate surface area is 120 Å². The summed E-state index contributed by atoms with van der Waals surface area (Å²) in [7, 11) is 0. The molecule has 0 unspecified atom stereocenters. The molecule has 0 fully saturated rings. The number of quaternary nitrogens is 1. The highest BCUT2D eigenvalue weighted by Crippen LogP contribution is 2.18. The Balaban J connectivity index is 2.43. The van der Waals surface area contributed by atoms with Gasteiger partial charge in [-0.2, -0.15) is 0 Å². The van der Waals surface area contributed by atoms with E-state index in [1.165, 1.54) is 5.56 Å². The fraction of sp³-hybridized carbons (Fsp3) is 0.600. The van der Waals surface area contributed by atoms with E-state index < -0.39 is 6.10 Å². The van der Waals surface area contributed by atoms with Crippen molar-refractivity contribution in [1.82, 2.24) is 0 Å². The molecule has 0 saturated carbocycles. The number of nitrogens with one attached hydrogen (secondary N) is 1. The smallest absolute Gasteiger partial charge is 0.137 e. The Morgan fingerprint density at radius 3 is 2.35 bits per heavy atom. The molecule has 5 heteroatoms.